The number of nitrogens with one attached hydrogen (secondary N) is 2. The van der Waals surface area contributed by atoms with E-state index in [1.165, 1.54) is 12.1 Å². The van der Waals surface area contributed by atoms with E-state index in [0.717, 1.165) is 31.6 Å². The highest BCUT2D eigenvalue weighted by Gasteiger charge is 2.23. The SMILES string of the molecule is CCc1ccc(NS(=O)(=O)c2ccccc2NCCCN(CC)CC)c(C(=O)O)c1C. The van der Waals surface area contributed by atoms with Crippen LogP contribution in [0, 0.1) is 6.92 Å². The first kappa shape index (κ1) is 24.7. The summed E-state index contributed by atoms with van der Waals surface area (Å²) in [4.78, 5) is 14.2. The number of sulfonamides is 1. The van der Waals surface area contributed by atoms with Gasteiger partial charge in [0.2, 0.25) is 0 Å². The molecule has 0 aliphatic rings. The molecule has 0 heterocycles. The Labute approximate surface area is 185 Å². The van der Waals surface area contributed by atoms with Crippen LogP contribution in [0.4, 0.5) is 11.4 Å². The maximum absolute atomic E-state index is 13.1. The number of carboxylic acid groups (broad SMARTS) is 1. The summed E-state index contributed by atoms with van der Waals surface area (Å²) in [5, 5.41) is 12.9. The number of aromatic carboxylic acids is 1. The molecule has 0 aliphatic carbocycles. The van der Waals surface area contributed by atoms with Gasteiger partial charge in [-0.3, -0.25) is 4.72 Å². The Morgan fingerprint density at radius 3 is 2.32 bits per heavy atom. The van der Waals surface area contributed by atoms with Crippen LogP contribution in [-0.2, 0) is 16.4 Å². The molecule has 7 nitrogen and oxygen atoms in total. The van der Waals surface area contributed by atoms with Crippen LogP contribution in [0.2, 0.25) is 0 Å². The predicted octanol–water partition coefficient (Wildman–Crippen LogP) is 4.20. The lowest BCUT2D eigenvalue weighted by Crippen LogP contribution is -2.25. The molecule has 8 heteroatoms. The fourth-order valence-corrected chi connectivity index (χ4v) is 4.87. The Bertz CT molecular complexity index is 1000. The number of anilines is 2. The lowest BCUT2D eigenvalue weighted by atomic mass is 9.99. The van der Waals surface area contributed by atoms with Crippen molar-refractivity contribution in [2.24, 2.45) is 0 Å². The van der Waals surface area contributed by atoms with E-state index in [-0.39, 0.29) is 16.1 Å². The van der Waals surface area contributed by atoms with Gasteiger partial charge >= 0.3 is 5.97 Å². The van der Waals surface area contributed by atoms with Gasteiger partial charge in [-0.15, -0.1) is 0 Å². The zero-order valence-electron chi connectivity index (χ0n) is 18.7. The van der Waals surface area contributed by atoms with Gasteiger partial charge in [-0.25, -0.2) is 13.2 Å². The molecule has 0 bridgehead atoms. The number of hydrogen-bond donors (Lipinski definition) is 3. The van der Waals surface area contributed by atoms with Crippen LogP contribution in [0.5, 0.6) is 0 Å². The van der Waals surface area contributed by atoms with Crippen LogP contribution < -0.4 is 10.0 Å². The average molecular weight is 448 g/mol. The second-order valence-corrected chi connectivity index (χ2v) is 8.99. The van der Waals surface area contributed by atoms with Gasteiger partial charge in [-0.05, 0) is 68.7 Å². The van der Waals surface area contributed by atoms with Crippen molar-refractivity contribution in [3.05, 3.63) is 53.1 Å². The number of carboxylic acids is 1. The molecule has 2 aromatic carbocycles. The van der Waals surface area contributed by atoms with Crippen molar-refractivity contribution in [1.82, 2.24) is 4.90 Å². The van der Waals surface area contributed by atoms with Crippen LogP contribution in [0.15, 0.2) is 41.3 Å². The van der Waals surface area contributed by atoms with Gasteiger partial charge in [0.15, 0.2) is 0 Å². The zero-order valence-corrected chi connectivity index (χ0v) is 19.6. The van der Waals surface area contributed by atoms with Gasteiger partial charge < -0.3 is 15.3 Å². The van der Waals surface area contributed by atoms with Crippen molar-refractivity contribution in [3.63, 3.8) is 0 Å². The minimum atomic E-state index is -3.99. The van der Waals surface area contributed by atoms with E-state index in [9.17, 15) is 18.3 Å². The number of nitrogens with zero attached hydrogens (tertiary/aromatic N) is 1. The Hall–Kier alpha value is -2.58. The van der Waals surface area contributed by atoms with Gasteiger partial charge in [-0.2, -0.15) is 0 Å². The lowest BCUT2D eigenvalue weighted by Gasteiger charge is -2.19. The summed E-state index contributed by atoms with van der Waals surface area (Å²) in [5.74, 6) is -1.16. The van der Waals surface area contributed by atoms with E-state index in [0.29, 0.717) is 24.2 Å². The molecule has 170 valence electrons. The lowest BCUT2D eigenvalue weighted by molar-refractivity contribution is 0.0697. The summed E-state index contributed by atoms with van der Waals surface area (Å²) < 4.78 is 28.8. The molecule has 2 aromatic rings. The van der Waals surface area contributed by atoms with E-state index >= 15 is 0 Å². The van der Waals surface area contributed by atoms with Crippen molar-refractivity contribution in [2.45, 2.75) is 45.4 Å². The molecule has 0 saturated carbocycles. The van der Waals surface area contributed by atoms with Crippen LogP contribution in [0.3, 0.4) is 0 Å². The van der Waals surface area contributed by atoms with Crippen LogP contribution in [-0.4, -0.2) is 50.6 Å². The number of carbonyl (C=O) groups is 1. The maximum atomic E-state index is 13.1. The van der Waals surface area contributed by atoms with Gasteiger partial charge in [-0.1, -0.05) is 39.0 Å². The van der Waals surface area contributed by atoms with Gasteiger partial charge in [0.05, 0.1) is 16.9 Å². The molecule has 0 radical (unpaired) electrons. The normalized spacial score (nSPS) is 11.5. The van der Waals surface area contributed by atoms with Crippen LogP contribution in [0.25, 0.3) is 0 Å². The monoisotopic (exact) mass is 447 g/mol. The smallest absolute Gasteiger partial charge is 0.338 e. The summed E-state index contributed by atoms with van der Waals surface area (Å²) in [5.41, 5.74) is 1.98. The fraction of sp³-hybridized carbons (Fsp3) is 0.435. The number of rotatable bonds is 12. The maximum Gasteiger partial charge on any atom is 0.338 e. The molecule has 0 spiro atoms. The third-order valence-corrected chi connectivity index (χ3v) is 6.88. The predicted molar refractivity (Wildman–Crippen MR) is 126 cm³/mol. The second kappa shape index (κ2) is 11.2. The Kier molecular flexibility index (Phi) is 8.88. The van der Waals surface area contributed by atoms with E-state index in [2.05, 4.69) is 28.8 Å². The number of benzene rings is 2. The van der Waals surface area contributed by atoms with Crippen molar-refractivity contribution in [3.8, 4) is 0 Å². The van der Waals surface area contributed by atoms with Gasteiger partial charge in [0.25, 0.3) is 10.0 Å². The highest BCUT2D eigenvalue weighted by atomic mass is 32.2. The van der Waals surface area contributed by atoms with E-state index in [4.69, 9.17) is 0 Å². The van der Waals surface area contributed by atoms with Crippen molar-refractivity contribution in [1.29, 1.82) is 0 Å². The Morgan fingerprint density at radius 1 is 1.03 bits per heavy atom. The molecular formula is C23H33N3O4S. The van der Waals surface area contributed by atoms with E-state index in [1.54, 1.807) is 31.2 Å². The third-order valence-electron chi connectivity index (χ3n) is 5.45. The highest BCUT2D eigenvalue weighted by molar-refractivity contribution is 7.92. The number of para-hydroxylation sites is 1. The average Bonchev–Trinajstić information content (AvgIpc) is 2.74. The van der Waals surface area contributed by atoms with Gasteiger partial charge in [0.1, 0.15) is 4.90 Å². The number of hydrogen-bond acceptors (Lipinski definition) is 5. The summed E-state index contributed by atoms with van der Waals surface area (Å²) in [6, 6.07) is 9.94. The molecule has 31 heavy (non-hydrogen) atoms. The Balaban J connectivity index is 2.26. The van der Waals surface area contributed by atoms with Crippen molar-refractivity contribution in [2.75, 3.05) is 36.2 Å². The second-order valence-electron chi connectivity index (χ2n) is 7.34. The zero-order chi connectivity index (χ0) is 23.0. The first-order chi connectivity index (χ1) is 14.7. The number of aryl methyl sites for hydroxylation is 1. The summed E-state index contributed by atoms with van der Waals surface area (Å²) in [6.07, 6.45) is 1.55. The molecule has 0 unspecified atom stereocenters. The van der Waals surface area contributed by atoms with E-state index in [1.807, 2.05) is 6.92 Å². The molecule has 0 atom stereocenters. The molecule has 0 aliphatic heterocycles. The molecule has 2 rings (SSSR count). The van der Waals surface area contributed by atoms with Crippen molar-refractivity contribution >= 4 is 27.4 Å². The largest absolute Gasteiger partial charge is 0.478 e. The van der Waals surface area contributed by atoms with Crippen LogP contribution in [0.1, 0.15) is 48.7 Å². The third kappa shape index (κ3) is 6.21. The van der Waals surface area contributed by atoms with Crippen molar-refractivity contribution < 1.29 is 18.3 Å². The minimum Gasteiger partial charge on any atom is -0.478 e. The molecule has 0 amide bonds. The molecular weight excluding hydrogens is 414 g/mol. The minimum absolute atomic E-state index is 0.0208. The standard InChI is InChI=1S/C23H33N3O4S/c1-5-18-13-14-20(22(17(18)4)23(27)28)25-31(29,30)21-12-9-8-11-19(21)24-15-10-16-26(6-2)7-3/h8-9,11-14,24-25H,5-7,10,15-16H2,1-4H3,(H,27,28). The van der Waals surface area contributed by atoms with Gasteiger partial charge in [0, 0.05) is 6.54 Å². The van der Waals surface area contributed by atoms with E-state index < -0.39 is 16.0 Å². The molecule has 3 N–H and O–H groups in total. The van der Waals surface area contributed by atoms with Crippen LogP contribution >= 0.6 is 0 Å². The fourth-order valence-electron chi connectivity index (χ4n) is 3.61. The summed E-state index contributed by atoms with van der Waals surface area (Å²) in [6.45, 7) is 11.4. The summed E-state index contributed by atoms with van der Waals surface area (Å²) >= 11 is 0. The molecule has 0 aromatic heterocycles. The quantitative estimate of drug-likeness (QED) is 0.422. The summed E-state index contributed by atoms with van der Waals surface area (Å²) in [7, 11) is -3.99. The molecule has 0 saturated heterocycles. The first-order valence-corrected chi connectivity index (χ1v) is 12.2. The highest BCUT2D eigenvalue weighted by Crippen LogP contribution is 2.28. The molecule has 0 fully saturated rings. The topological polar surface area (TPSA) is 98.7 Å². The first-order valence-electron chi connectivity index (χ1n) is 10.7. The Morgan fingerprint density at radius 2 is 1.71 bits per heavy atom.